The molecule has 0 spiro atoms. The molecule has 0 aliphatic carbocycles. The number of halogens is 4. The van der Waals surface area contributed by atoms with Crippen LogP contribution >= 0.6 is 22.9 Å². The van der Waals surface area contributed by atoms with Crippen molar-refractivity contribution < 1.29 is 13.2 Å². The number of nitrogens with zero attached hydrogens (tertiary/aromatic N) is 1. The number of aromatic nitrogens is 1. The molecular weight excluding hydrogens is 247 g/mol. The predicted molar refractivity (Wildman–Crippen MR) is 52.4 cm³/mol. The van der Waals surface area contributed by atoms with E-state index in [0.29, 0.717) is 6.07 Å². The van der Waals surface area contributed by atoms with E-state index in [9.17, 15) is 13.2 Å². The summed E-state index contributed by atoms with van der Waals surface area (Å²) in [6, 6.07) is 1.25. The molecule has 0 saturated heterocycles. The molecular formula is C9H3ClF3NS. The Morgan fingerprint density at radius 3 is 2.33 bits per heavy atom. The predicted octanol–water partition coefficient (Wildman–Crippen LogP) is 3.88. The summed E-state index contributed by atoms with van der Waals surface area (Å²) in [5, 5.41) is 1.90. The van der Waals surface area contributed by atoms with Gasteiger partial charge in [0.1, 0.15) is 16.0 Å². The van der Waals surface area contributed by atoms with Gasteiger partial charge in [-0.25, -0.2) is 18.2 Å². The Labute approximate surface area is 92.1 Å². The van der Waals surface area contributed by atoms with Crippen molar-refractivity contribution in [3.63, 3.8) is 0 Å². The van der Waals surface area contributed by atoms with Crippen molar-refractivity contribution in [2.45, 2.75) is 0 Å². The Morgan fingerprint density at radius 2 is 1.73 bits per heavy atom. The van der Waals surface area contributed by atoms with Crippen molar-refractivity contribution in [1.82, 2.24) is 4.98 Å². The summed E-state index contributed by atoms with van der Waals surface area (Å²) in [4.78, 5) is 3.77. The summed E-state index contributed by atoms with van der Waals surface area (Å²) in [6.07, 6.45) is 0. The summed E-state index contributed by atoms with van der Waals surface area (Å²) < 4.78 is 38.7. The Hall–Kier alpha value is -1.07. The van der Waals surface area contributed by atoms with Gasteiger partial charge < -0.3 is 0 Å². The van der Waals surface area contributed by atoms with E-state index in [0.717, 1.165) is 17.4 Å². The molecule has 1 aromatic carbocycles. The van der Waals surface area contributed by atoms with Gasteiger partial charge in [0.15, 0.2) is 11.6 Å². The van der Waals surface area contributed by atoms with Gasteiger partial charge in [0.25, 0.3) is 0 Å². The van der Waals surface area contributed by atoms with Crippen molar-refractivity contribution >= 4 is 22.9 Å². The zero-order valence-electron chi connectivity index (χ0n) is 7.10. The zero-order chi connectivity index (χ0) is 11.0. The maximum absolute atomic E-state index is 13.2. The van der Waals surface area contributed by atoms with Crippen LogP contribution in [0.5, 0.6) is 0 Å². The molecule has 0 bridgehead atoms. The van der Waals surface area contributed by atoms with Crippen LogP contribution in [0.4, 0.5) is 13.2 Å². The van der Waals surface area contributed by atoms with Crippen LogP contribution in [0.2, 0.25) is 5.15 Å². The van der Waals surface area contributed by atoms with E-state index in [4.69, 9.17) is 11.6 Å². The van der Waals surface area contributed by atoms with Crippen LogP contribution in [0.3, 0.4) is 0 Å². The molecule has 15 heavy (non-hydrogen) atoms. The van der Waals surface area contributed by atoms with Crippen LogP contribution in [0.15, 0.2) is 17.5 Å². The first kappa shape index (κ1) is 10.4. The number of rotatable bonds is 1. The van der Waals surface area contributed by atoms with E-state index in [1.807, 2.05) is 0 Å². The number of hydrogen-bond donors (Lipinski definition) is 0. The lowest BCUT2D eigenvalue weighted by molar-refractivity contribution is 0.496. The highest BCUT2D eigenvalue weighted by Gasteiger charge is 2.13. The lowest BCUT2D eigenvalue weighted by Gasteiger charge is -1.99. The average Bonchev–Trinajstić information content (AvgIpc) is 2.58. The highest BCUT2D eigenvalue weighted by molar-refractivity contribution is 7.13. The zero-order valence-corrected chi connectivity index (χ0v) is 8.67. The van der Waals surface area contributed by atoms with Gasteiger partial charge in [-0.1, -0.05) is 11.6 Å². The Balaban J connectivity index is 2.58. The SMILES string of the molecule is Fc1cc(F)c(-c2nc(Cl)cs2)cc1F. The number of thiazole rings is 1. The van der Waals surface area contributed by atoms with Gasteiger partial charge in [0, 0.05) is 17.0 Å². The largest absolute Gasteiger partial charge is 0.224 e. The van der Waals surface area contributed by atoms with Gasteiger partial charge in [0.05, 0.1) is 0 Å². The third-order valence-electron chi connectivity index (χ3n) is 1.72. The molecule has 0 amide bonds. The molecule has 0 aliphatic heterocycles. The molecule has 0 unspecified atom stereocenters. The van der Waals surface area contributed by atoms with Gasteiger partial charge in [0.2, 0.25) is 0 Å². The first-order valence-corrected chi connectivity index (χ1v) is 5.09. The molecule has 2 rings (SSSR count). The lowest BCUT2D eigenvalue weighted by Crippen LogP contribution is -1.90. The summed E-state index contributed by atoms with van der Waals surface area (Å²) in [5.41, 5.74) is -0.0919. The van der Waals surface area contributed by atoms with Gasteiger partial charge in [-0.2, -0.15) is 0 Å². The van der Waals surface area contributed by atoms with Gasteiger partial charge in [-0.3, -0.25) is 0 Å². The Bertz CT molecular complexity index is 512. The standard InChI is InChI=1S/C9H3ClF3NS/c10-8-3-15-9(14-8)4-1-6(12)7(13)2-5(4)11/h1-3H. The van der Waals surface area contributed by atoms with Crippen molar-refractivity contribution in [2.24, 2.45) is 0 Å². The normalized spacial score (nSPS) is 10.7. The molecule has 0 N–H and O–H groups in total. The Kier molecular flexibility index (Phi) is 2.67. The molecule has 0 aliphatic rings. The molecule has 2 aromatic rings. The van der Waals surface area contributed by atoms with Gasteiger partial charge in [-0.05, 0) is 6.07 Å². The van der Waals surface area contributed by atoms with Crippen LogP contribution < -0.4 is 0 Å². The van der Waals surface area contributed by atoms with E-state index in [1.54, 1.807) is 0 Å². The van der Waals surface area contributed by atoms with Crippen LogP contribution in [0.1, 0.15) is 0 Å². The highest BCUT2D eigenvalue weighted by Crippen LogP contribution is 2.29. The molecule has 1 heterocycles. The minimum atomic E-state index is -1.22. The molecule has 78 valence electrons. The summed E-state index contributed by atoms with van der Waals surface area (Å²) in [7, 11) is 0. The summed E-state index contributed by atoms with van der Waals surface area (Å²) in [5.74, 6) is -3.20. The van der Waals surface area contributed by atoms with Crippen LogP contribution in [-0.4, -0.2) is 4.98 Å². The van der Waals surface area contributed by atoms with E-state index in [1.165, 1.54) is 5.38 Å². The molecule has 0 saturated carbocycles. The molecule has 0 radical (unpaired) electrons. The quantitative estimate of drug-likeness (QED) is 0.699. The highest BCUT2D eigenvalue weighted by atomic mass is 35.5. The van der Waals surface area contributed by atoms with Gasteiger partial charge in [-0.15, -0.1) is 11.3 Å². The fourth-order valence-electron chi connectivity index (χ4n) is 1.06. The topological polar surface area (TPSA) is 12.9 Å². The van der Waals surface area contributed by atoms with Crippen molar-refractivity contribution in [3.05, 3.63) is 40.1 Å². The summed E-state index contributed by atoms with van der Waals surface area (Å²) in [6.45, 7) is 0. The minimum Gasteiger partial charge on any atom is -0.224 e. The maximum atomic E-state index is 13.2. The fourth-order valence-corrected chi connectivity index (χ4v) is 2.03. The maximum Gasteiger partial charge on any atom is 0.161 e. The number of hydrogen-bond acceptors (Lipinski definition) is 2. The second kappa shape index (κ2) is 3.83. The van der Waals surface area contributed by atoms with Crippen molar-refractivity contribution in [3.8, 4) is 10.6 Å². The molecule has 0 atom stereocenters. The van der Waals surface area contributed by atoms with Crippen molar-refractivity contribution in [2.75, 3.05) is 0 Å². The summed E-state index contributed by atoms with van der Waals surface area (Å²) >= 11 is 6.60. The second-order valence-corrected chi connectivity index (χ2v) is 3.97. The minimum absolute atomic E-state index is 0.0919. The molecule has 6 heteroatoms. The van der Waals surface area contributed by atoms with E-state index in [-0.39, 0.29) is 15.7 Å². The molecule has 1 aromatic heterocycles. The second-order valence-electron chi connectivity index (χ2n) is 2.72. The van der Waals surface area contributed by atoms with Crippen LogP contribution in [-0.2, 0) is 0 Å². The third kappa shape index (κ3) is 1.98. The number of benzene rings is 1. The fraction of sp³-hybridized carbons (Fsp3) is 0. The van der Waals surface area contributed by atoms with Crippen LogP contribution in [0.25, 0.3) is 10.6 Å². The molecule has 0 fully saturated rings. The van der Waals surface area contributed by atoms with Crippen LogP contribution in [0, 0.1) is 17.5 Å². The first-order chi connectivity index (χ1) is 7.08. The third-order valence-corrected chi connectivity index (χ3v) is 2.92. The Morgan fingerprint density at radius 1 is 1.07 bits per heavy atom. The monoisotopic (exact) mass is 249 g/mol. The lowest BCUT2D eigenvalue weighted by atomic mass is 10.2. The van der Waals surface area contributed by atoms with Crippen molar-refractivity contribution in [1.29, 1.82) is 0 Å². The van der Waals surface area contributed by atoms with E-state index < -0.39 is 17.5 Å². The molecule has 1 nitrogen and oxygen atoms in total. The van der Waals surface area contributed by atoms with Gasteiger partial charge >= 0.3 is 0 Å². The average molecular weight is 250 g/mol. The first-order valence-electron chi connectivity index (χ1n) is 3.84. The van der Waals surface area contributed by atoms with E-state index in [2.05, 4.69) is 4.98 Å². The smallest absolute Gasteiger partial charge is 0.161 e. The van der Waals surface area contributed by atoms with E-state index >= 15 is 0 Å².